The predicted molar refractivity (Wildman–Crippen MR) is 91.1 cm³/mol. The molecule has 0 aliphatic rings. The van der Waals surface area contributed by atoms with Gasteiger partial charge in [-0.2, -0.15) is 0 Å². The number of aryl methyl sites for hydroxylation is 1. The molecule has 0 bridgehead atoms. The molecule has 0 fully saturated rings. The average molecular weight is 323 g/mol. The van der Waals surface area contributed by atoms with Crippen molar-refractivity contribution < 1.29 is 4.39 Å². The zero-order valence-electron chi connectivity index (χ0n) is 12.5. The van der Waals surface area contributed by atoms with Crippen molar-refractivity contribution in [2.24, 2.45) is 0 Å². The van der Waals surface area contributed by atoms with Gasteiger partial charge in [-0.25, -0.2) is 4.39 Å². The molecule has 2 aromatic carbocycles. The first-order chi connectivity index (χ1) is 11.2. The minimum absolute atomic E-state index is 0.266. The number of para-hydroxylation sites is 1. The van der Waals surface area contributed by atoms with Gasteiger partial charge < -0.3 is 4.57 Å². The number of aromatic nitrogens is 3. The van der Waals surface area contributed by atoms with Gasteiger partial charge in [0.25, 0.3) is 0 Å². The molecule has 0 amide bonds. The first-order valence-corrected chi connectivity index (χ1v) is 8.16. The van der Waals surface area contributed by atoms with Crippen molar-refractivity contribution >= 4 is 22.2 Å². The topological polar surface area (TPSA) is 30.7 Å². The molecular weight excluding hydrogens is 309 g/mol. The number of nitrogens with zero attached hydrogens (tertiary/aromatic N) is 3. The Labute approximate surface area is 137 Å². The molecule has 0 radical (unpaired) electrons. The third kappa shape index (κ3) is 2.53. The minimum atomic E-state index is -0.266. The van der Waals surface area contributed by atoms with Gasteiger partial charge in [0, 0.05) is 16.8 Å². The number of benzene rings is 2. The highest BCUT2D eigenvalue weighted by Gasteiger charge is 2.12. The van der Waals surface area contributed by atoms with Crippen LogP contribution in [0.4, 0.5) is 4.39 Å². The zero-order valence-corrected chi connectivity index (χ0v) is 13.3. The van der Waals surface area contributed by atoms with Crippen LogP contribution in [-0.4, -0.2) is 14.8 Å². The third-order valence-electron chi connectivity index (χ3n) is 3.88. The molecule has 5 heteroatoms. The van der Waals surface area contributed by atoms with E-state index in [1.807, 2.05) is 18.2 Å². The second-order valence-electron chi connectivity index (χ2n) is 5.41. The lowest BCUT2D eigenvalue weighted by Crippen LogP contribution is -2.00. The van der Waals surface area contributed by atoms with E-state index >= 15 is 0 Å². The third-order valence-corrected chi connectivity index (χ3v) is 4.82. The Morgan fingerprint density at radius 2 is 1.83 bits per heavy atom. The van der Waals surface area contributed by atoms with E-state index in [9.17, 15) is 4.39 Å². The Morgan fingerprint density at radius 3 is 2.70 bits per heavy atom. The molecule has 0 atom stereocenters. The molecule has 0 spiro atoms. The lowest BCUT2D eigenvalue weighted by Gasteiger charge is -2.05. The van der Waals surface area contributed by atoms with Crippen molar-refractivity contribution in [3.63, 3.8) is 0 Å². The summed E-state index contributed by atoms with van der Waals surface area (Å²) in [4.78, 5) is 0. The lowest BCUT2D eigenvalue weighted by molar-refractivity contribution is 0.631. The number of rotatable bonds is 3. The van der Waals surface area contributed by atoms with Gasteiger partial charge in [-0.05, 0) is 36.6 Å². The Hall–Kier alpha value is -2.53. The Morgan fingerprint density at radius 1 is 1.04 bits per heavy atom. The molecule has 0 aliphatic heterocycles. The monoisotopic (exact) mass is 323 g/mol. The van der Waals surface area contributed by atoms with E-state index in [0.29, 0.717) is 17.1 Å². The highest BCUT2D eigenvalue weighted by Crippen LogP contribution is 2.27. The van der Waals surface area contributed by atoms with E-state index in [1.165, 1.54) is 34.0 Å². The fourth-order valence-electron chi connectivity index (χ4n) is 2.75. The average Bonchev–Trinajstić information content (AvgIpc) is 3.14. The summed E-state index contributed by atoms with van der Waals surface area (Å²) in [5.74, 6) is -0.266. The minimum Gasteiger partial charge on any atom is -0.338 e. The van der Waals surface area contributed by atoms with Crippen LogP contribution in [0.25, 0.3) is 21.5 Å². The molecular formula is C18H14FN3S. The molecule has 2 heterocycles. The van der Waals surface area contributed by atoms with Gasteiger partial charge >= 0.3 is 0 Å². The van der Waals surface area contributed by atoms with Crippen LogP contribution < -0.4 is 0 Å². The largest absolute Gasteiger partial charge is 0.338 e. The zero-order chi connectivity index (χ0) is 15.8. The fraction of sp³-hybridized carbons (Fsp3) is 0.111. The number of hydrogen-bond donors (Lipinski definition) is 0. The van der Waals surface area contributed by atoms with E-state index < -0.39 is 0 Å². The van der Waals surface area contributed by atoms with Crippen molar-refractivity contribution in [2.45, 2.75) is 13.5 Å². The van der Waals surface area contributed by atoms with Crippen LogP contribution in [0.15, 0.2) is 54.6 Å². The highest BCUT2D eigenvalue weighted by molar-refractivity contribution is 7.14. The molecule has 114 valence electrons. The van der Waals surface area contributed by atoms with Crippen LogP contribution in [0, 0.1) is 12.7 Å². The highest BCUT2D eigenvalue weighted by atomic mass is 32.1. The summed E-state index contributed by atoms with van der Waals surface area (Å²) in [6.45, 7) is 2.73. The molecule has 0 N–H and O–H groups in total. The number of halogens is 1. The fourth-order valence-corrected chi connectivity index (χ4v) is 3.61. The predicted octanol–water partition coefficient (Wildman–Crippen LogP) is 4.66. The van der Waals surface area contributed by atoms with Crippen LogP contribution in [-0.2, 0) is 6.54 Å². The quantitative estimate of drug-likeness (QED) is 0.549. The van der Waals surface area contributed by atoms with Crippen LogP contribution in [0.1, 0.15) is 10.7 Å². The molecule has 3 nitrogen and oxygen atoms in total. The van der Waals surface area contributed by atoms with Crippen molar-refractivity contribution in [3.05, 3.63) is 71.1 Å². The van der Waals surface area contributed by atoms with E-state index in [0.717, 1.165) is 5.01 Å². The van der Waals surface area contributed by atoms with Gasteiger partial charge in [-0.3, -0.25) is 0 Å². The van der Waals surface area contributed by atoms with Crippen molar-refractivity contribution in [2.75, 3.05) is 0 Å². The molecule has 0 aliphatic carbocycles. The molecule has 0 saturated carbocycles. The first kappa shape index (κ1) is 14.1. The molecule has 0 unspecified atom stereocenters. The van der Waals surface area contributed by atoms with Gasteiger partial charge in [0.2, 0.25) is 0 Å². The molecule has 0 saturated heterocycles. The normalized spacial score (nSPS) is 11.2. The maximum atomic E-state index is 13.9. The van der Waals surface area contributed by atoms with Gasteiger partial charge in [0.1, 0.15) is 10.8 Å². The van der Waals surface area contributed by atoms with Gasteiger partial charge in [0.05, 0.1) is 6.54 Å². The molecule has 4 aromatic rings. The number of fused-ring (bicyclic) bond motifs is 1. The Bertz CT molecular complexity index is 987. The molecule has 23 heavy (non-hydrogen) atoms. The van der Waals surface area contributed by atoms with Crippen molar-refractivity contribution in [1.29, 1.82) is 0 Å². The van der Waals surface area contributed by atoms with Gasteiger partial charge in [0.15, 0.2) is 5.01 Å². The number of hydrogen-bond acceptors (Lipinski definition) is 3. The summed E-state index contributed by atoms with van der Waals surface area (Å²) in [7, 11) is 0. The second-order valence-corrected chi connectivity index (χ2v) is 6.47. The summed E-state index contributed by atoms with van der Waals surface area (Å²) in [5.41, 5.74) is 2.85. The van der Waals surface area contributed by atoms with Gasteiger partial charge in [-0.15, -0.1) is 10.2 Å². The Kier molecular flexibility index (Phi) is 3.42. The standard InChI is InChI=1S/C18H14FN3S/c1-12-10-13-6-2-5-9-16(13)22(12)11-17-20-21-18(23-17)14-7-3-4-8-15(14)19/h2-10H,11H2,1H3. The van der Waals surface area contributed by atoms with E-state index in [1.54, 1.807) is 12.1 Å². The van der Waals surface area contributed by atoms with E-state index in [4.69, 9.17) is 0 Å². The van der Waals surface area contributed by atoms with E-state index in [2.05, 4.69) is 39.9 Å². The first-order valence-electron chi connectivity index (χ1n) is 7.34. The Balaban J connectivity index is 1.70. The summed E-state index contributed by atoms with van der Waals surface area (Å²) in [5, 5.41) is 11.1. The molecule has 4 rings (SSSR count). The summed E-state index contributed by atoms with van der Waals surface area (Å²) in [6.07, 6.45) is 0. The second kappa shape index (κ2) is 5.59. The lowest BCUT2D eigenvalue weighted by atomic mass is 10.2. The summed E-state index contributed by atoms with van der Waals surface area (Å²) >= 11 is 1.43. The van der Waals surface area contributed by atoms with Crippen LogP contribution >= 0.6 is 11.3 Å². The summed E-state index contributed by atoms with van der Waals surface area (Å²) < 4.78 is 16.1. The maximum Gasteiger partial charge on any atom is 0.150 e. The molecule has 2 aromatic heterocycles. The van der Waals surface area contributed by atoms with Crippen LogP contribution in [0.2, 0.25) is 0 Å². The smallest absolute Gasteiger partial charge is 0.150 e. The maximum absolute atomic E-state index is 13.9. The van der Waals surface area contributed by atoms with Crippen molar-refractivity contribution in [3.8, 4) is 10.6 Å². The summed E-state index contributed by atoms with van der Waals surface area (Å²) in [6, 6.07) is 17.1. The van der Waals surface area contributed by atoms with E-state index in [-0.39, 0.29) is 5.82 Å². The SMILES string of the molecule is Cc1cc2ccccc2n1Cc1nnc(-c2ccccc2F)s1. The van der Waals surface area contributed by atoms with Crippen LogP contribution in [0.3, 0.4) is 0 Å². The van der Waals surface area contributed by atoms with Gasteiger partial charge in [-0.1, -0.05) is 41.7 Å². The van der Waals surface area contributed by atoms with Crippen LogP contribution in [0.5, 0.6) is 0 Å². The van der Waals surface area contributed by atoms with Crippen molar-refractivity contribution in [1.82, 2.24) is 14.8 Å².